The largest absolute Gasteiger partial charge is 0.450 e. The third-order valence-electron chi connectivity index (χ3n) is 4.43. The monoisotopic (exact) mass is 344 g/mol. The van der Waals surface area contributed by atoms with Crippen LogP contribution in [0.3, 0.4) is 0 Å². The van der Waals surface area contributed by atoms with Gasteiger partial charge in [-0.3, -0.25) is 0 Å². The summed E-state index contributed by atoms with van der Waals surface area (Å²) in [6, 6.07) is 1.65. The first-order valence-electron chi connectivity index (χ1n) is 8.97. The van der Waals surface area contributed by atoms with Gasteiger partial charge in [0, 0.05) is 14.1 Å². The van der Waals surface area contributed by atoms with Crippen LogP contribution in [-0.4, -0.2) is 45.6 Å². The van der Waals surface area contributed by atoms with Crippen molar-refractivity contribution in [2.75, 3.05) is 13.2 Å². The zero-order valence-electron chi connectivity index (χ0n) is 15.6. The first-order chi connectivity index (χ1) is 10.7. The van der Waals surface area contributed by atoms with E-state index in [2.05, 4.69) is 38.8 Å². The molecule has 0 saturated carbocycles. The molecule has 23 heavy (non-hydrogen) atoms. The lowest BCUT2D eigenvalue weighted by atomic mass is 9.86. The Morgan fingerprint density at radius 2 is 1.91 bits per heavy atom. The Bertz CT molecular complexity index is 350. The molecule has 1 amide bonds. The summed E-state index contributed by atoms with van der Waals surface area (Å²) >= 11 is 0. The molecule has 0 spiro atoms. The van der Waals surface area contributed by atoms with Gasteiger partial charge >= 0.3 is 6.09 Å². The number of amides is 1. The molecule has 1 heterocycles. The second kappa shape index (κ2) is 9.64. The van der Waals surface area contributed by atoms with Gasteiger partial charge in [0.2, 0.25) is 0 Å². The fourth-order valence-corrected chi connectivity index (χ4v) is 4.29. The fraction of sp³-hybridized carbons (Fsp3) is 0.941. The molecule has 0 radical (unpaired) electrons. The van der Waals surface area contributed by atoms with E-state index in [-0.39, 0.29) is 0 Å². The Balaban J connectivity index is 2.46. The Kier molecular flexibility index (Phi) is 8.57. The second-order valence-electron chi connectivity index (χ2n) is 8.25. The Hall–Kier alpha value is -0.593. The first-order valence-corrected chi connectivity index (χ1v) is 12.7. The maximum Gasteiger partial charge on any atom is 0.404 e. The molecule has 3 N–H and O–H groups in total. The van der Waals surface area contributed by atoms with Gasteiger partial charge in [0.05, 0.1) is 18.8 Å². The third-order valence-corrected chi connectivity index (χ3v) is 6.18. The van der Waals surface area contributed by atoms with Gasteiger partial charge in [-0.05, 0) is 58.0 Å². The van der Waals surface area contributed by atoms with Gasteiger partial charge in [-0.25, -0.2) is 4.79 Å². The van der Waals surface area contributed by atoms with Crippen LogP contribution in [0.5, 0.6) is 0 Å². The second-order valence-corrected chi connectivity index (χ2v) is 13.9. The average molecular weight is 345 g/mol. The lowest BCUT2D eigenvalue weighted by molar-refractivity contribution is -0.0551. The van der Waals surface area contributed by atoms with Gasteiger partial charge in [0.15, 0.2) is 0 Å². The molecule has 1 saturated heterocycles. The van der Waals surface area contributed by atoms with Crippen LogP contribution in [0.15, 0.2) is 0 Å². The molecular formula is C17H36N2O3Si. The first kappa shape index (κ1) is 20.5. The lowest BCUT2D eigenvalue weighted by Gasteiger charge is -2.34. The van der Waals surface area contributed by atoms with E-state index >= 15 is 0 Å². The van der Waals surface area contributed by atoms with Crippen molar-refractivity contribution in [2.45, 2.75) is 83.5 Å². The minimum atomic E-state index is -1.04. The quantitative estimate of drug-likeness (QED) is 0.629. The number of primary amides is 1. The Morgan fingerprint density at radius 3 is 2.43 bits per heavy atom. The summed E-state index contributed by atoms with van der Waals surface area (Å²) in [4.78, 5) is 10.8. The van der Waals surface area contributed by atoms with Crippen LogP contribution in [0.4, 0.5) is 4.79 Å². The average Bonchev–Trinajstić information content (AvgIpc) is 2.35. The summed E-state index contributed by atoms with van der Waals surface area (Å²) < 4.78 is 10.8. The van der Waals surface area contributed by atoms with E-state index in [0.717, 1.165) is 32.2 Å². The molecule has 5 nitrogen and oxygen atoms in total. The van der Waals surface area contributed by atoms with Crippen LogP contribution in [0.25, 0.3) is 0 Å². The number of rotatable bonds is 9. The van der Waals surface area contributed by atoms with Gasteiger partial charge in [0.25, 0.3) is 0 Å². The van der Waals surface area contributed by atoms with Crippen molar-refractivity contribution in [3.63, 3.8) is 0 Å². The Labute approximate surface area is 142 Å². The highest BCUT2D eigenvalue weighted by molar-refractivity contribution is 6.76. The number of ether oxygens (including phenoxy) is 2. The highest BCUT2D eigenvalue weighted by atomic mass is 28.3. The molecule has 1 rings (SSSR count). The topological polar surface area (TPSA) is 73.6 Å². The van der Waals surface area contributed by atoms with Gasteiger partial charge in [-0.15, -0.1) is 0 Å². The Morgan fingerprint density at radius 1 is 1.30 bits per heavy atom. The van der Waals surface area contributed by atoms with Crippen molar-refractivity contribution in [3.05, 3.63) is 0 Å². The predicted octanol–water partition coefficient (Wildman–Crippen LogP) is 3.36. The summed E-state index contributed by atoms with van der Waals surface area (Å²) in [6.07, 6.45) is 4.18. The molecule has 6 heteroatoms. The number of carbonyl (C=O) groups excluding carboxylic acids is 1. The van der Waals surface area contributed by atoms with Crippen LogP contribution in [0.2, 0.25) is 25.7 Å². The van der Waals surface area contributed by atoms with Gasteiger partial charge in [-0.2, -0.15) is 0 Å². The maximum absolute atomic E-state index is 10.8. The predicted molar refractivity (Wildman–Crippen MR) is 97.4 cm³/mol. The highest BCUT2D eigenvalue weighted by Crippen LogP contribution is 2.28. The van der Waals surface area contributed by atoms with Gasteiger partial charge in [0.1, 0.15) is 0 Å². The summed E-state index contributed by atoms with van der Waals surface area (Å²) in [7, 11) is -1.04. The highest BCUT2D eigenvalue weighted by Gasteiger charge is 2.27. The SMILES string of the molecule is CC1CC(CC(CCOC(N)=O)NCC[Si](C)(C)C)CC(C)O1. The van der Waals surface area contributed by atoms with E-state index in [0.29, 0.717) is 30.8 Å². The normalized spacial score (nSPS) is 26.7. The van der Waals surface area contributed by atoms with Gasteiger partial charge < -0.3 is 20.5 Å². The van der Waals surface area contributed by atoms with Crippen LogP contribution < -0.4 is 11.1 Å². The third kappa shape index (κ3) is 9.99. The molecule has 0 aromatic carbocycles. The number of hydrogen-bond acceptors (Lipinski definition) is 4. The minimum absolute atomic E-state index is 0.341. The van der Waals surface area contributed by atoms with E-state index in [1.807, 2.05) is 0 Å². The van der Waals surface area contributed by atoms with Crippen LogP contribution >= 0.6 is 0 Å². The van der Waals surface area contributed by atoms with Gasteiger partial charge in [-0.1, -0.05) is 19.6 Å². The van der Waals surface area contributed by atoms with E-state index in [1.54, 1.807) is 0 Å². The molecule has 0 aromatic heterocycles. The zero-order valence-corrected chi connectivity index (χ0v) is 16.6. The van der Waals surface area contributed by atoms with Crippen LogP contribution in [-0.2, 0) is 9.47 Å². The standard InChI is InChI=1S/C17H36N2O3Si/c1-13-10-15(11-14(2)22-13)12-16(6-8-21-17(18)20)19-7-9-23(3,4)5/h13-16,19H,6-12H2,1-5H3,(H2,18,20). The molecule has 0 aromatic rings. The summed E-state index contributed by atoms with van der Waals surface area (Å²) in [5.74, 6) is 0.673. The molecule has 0 aliphatic carbocycles. The molecule has 1 aliphatic heterocycles. The van der Waals surface area contributed by atoms with Crippen LogP contribution in [0, 0.1) is 5.92 Å². The van der Waals surface area contributed by atoms with E-state index in [9.17, 15) is 4.79 Å². The summed E-state index contributed by atoms with van der Waals surface area (Å²) in [5.41, 5.74) is 5.06. The van der Waals surface area contributed by atoms with Crippen molar-refractivity contribution in [1.29, 1.82) is 0 Å². The van der Waals surface area contributed by atoms with Crippen molar-refractivity contribution in [1.82, 2.24) is 5.32 Å². The van der Waals surface area contributed by atoms with E-state index in [4.69, 9.17) is 15.2 Å². The summed E-state index contributed by atoms with van der Waals surface area (Å²) in [5, 5.41) is 3.69. The van der Waals surface area contributed by atoms with E-state index in [1.165, 1.54) is 6.04 Å². The lowest BCUT2D eigenvalue weighted by Crippen LogP contribution is -2.39. The van der Waals surface area contributed by atoms with Crippen molar-refractivity contribution in [3.8, 4) is 0 Å². The number of hydrogen-bond donors (Lipinski definition) is 2. The molecule has 1 aliphatic rings. The van der Waals surface area contributed by atoms with Crippen molar-refractivity contribution >= 4 is 14.2 Å². The summed E-state index contributed by atoms with van der Waals surface area (Å²) in [6.45, 7) is 12.9. The molecule has 3 atom stereocenters. The molecule has 0 bridgehead atoms. The van der Waals surface area contributed by atoms with Crippen molar-refractivity contribution in [2.24, 2.45) is 11.7 Å². The number of nitrogens with two attached hydrogens (primary N) is 1. The molecule has 1 fully saturated rings. The molecular weight excluding hydrogens is 308 g/mol. The number of carbonyl (C=O) groups is 1. The zero-order chi connectivity index (χ0) is 17.5. The smallest absolute Gasteiger partial charge is 0.404 e. The maximum atomic E-state index is 10.8. The molecule has 3 unspecified atom stereocenters. The van der Waals surface area contributed by atoms with Crippen LogP contribution in [0.1, 0.15) is 39.5 Å². The fourth-order valence-electron chi connectivity index (χ4n) is 3.39. The molecule has 136 valence electrons. The minimum Gasteiger partial charge on any atom is -0.450 e. The van der Waals surface area contributed by atoms with Crippen molar-refractivity contribution < 1.29 is 14.3 Å². The number of nitrogens with one attached hydrogen (secondary N) is 1. The van der Waals surface area contributed by atoms with E-state index < -0.39 is 14.2 Å².